The molecule has 13 heteroatoms. The minimum absolute atomic E-state index is 0.0213. The molecule has 1 fully saturated rings. The van der Waals surface area contributed by atoms with E-state index in [1.807, 2.05) is 0 Å². The third-order valence-electron chi connectivity index (χ3n) is 5.37. The number of aromatic nitrogens is 3. The monoisotopic (exact) mass is 510 g/mol. The Morgan fingerprint density at radius 2 is 1.80 bits per heavy atom. The number of benzene rings is 2. The van der Waals surface area contributed by atoms with Gasteiger partial charge in [0.2, 0.25) is 5.91 Å². The molecule has 4 rings (SSSR count). The highest BCUT2D eigenvalue weighted by Crippen LogP contribution is 2.38. The summed E-state index contributed by atoms with van der Waals surface area (Å²) in [5.41, 5.74) is -0.475. The van der Waals surface area contributed by atoms with E-state index in [1.165, 1.54) is 13.1 Å². The summed E-state index contributed by atoms with van der Waals surface area (Å²) in [5, 5.41) is 41.8. The first kappa shape index (κ1) is 25.1. The van der Waals surface area contributed by atoms with Crippen LogP contribution in [0.25, 0.3) is 11.3 Å². The number of nitrogens with one attached hydrogen (secondary N) is 1. The number of hydrogen-bond donors (Lipinski definition) is 4. The summed E-state index contributed by atoms with van der Waals surface area (Å²) >= 11 is 1.12. The van der Waals surface area contributed by atoms with Crippen LogP contribution in [0, 0.1) is 17.5 Å². The van der Waals surface area contributed by atoms with Crippen molar-refractivity contribution in [2.75, 3.05) is 11.9 Å². The molecule has 0 radical (unpaired) electrons. The second-order valence-electron chi connectivity index (χ2n) is 7.86. The number of amides is 1. The van der Waals surface area contributed by atoms with Gasteiger partial charge in [-0.25, -0.2) is 17.9 Å². The van der Waals surface area contributed by atoms with E-state index in [-0.39, 0.29) is 17.2 Å². The summed E-state index contributed by atoms with van der Waals surface area (Å²) in [7, 11) is 0. The maximum Gasteiger partial charge on any atom is 0.221 e. The number of aliphatic hydroxyl groups is 3. The molecule has 186 valence electrons. The highest BCUT2D eigenvalue weighted by molar-refractivity contribution is 7.99. The summed E-state index contributed by atoms with van der Waals surface area (Å²) in [4.78, 5) is 11.9. The molecule has 1 aromatic heterocycles. The molecule has 1 aliphatic heterocycles. The molecule has 2 heterocycles. The Bertz CT molecular complexity index is 1190. The number of thioether (sulfide) groups is 1. The highest BCUT2D eigenvalue weighted by Gasteiger charge is 2.46. The summed E-state index contributed by atoms with van der Waals surface area (Å²) in [6.07, 6.45) is -2.57. The first-order valence-electron chi connectivity index (χ1n) is 10.4. The molecule has 2 aromatic carbocycles. The van der Waals surface area contributed by atoms with Crippen molar-refractivity contribution >= 4 is 23.4 Å². The number of halogens is 3. The number of ether oxygens (including phenoxy) is 1. The SMILES string of the molecule is CC(=O)Nc1ccc(SC2OC(CO)C(O)C(n3cc(-c4cc(F)c(F)c(F)c4)nn3)C2O)cc1. The molecule has 5 unspecified atom stereocenters. The topological polar surface area (TPSA) is 130 Å². The van der Waals surface area contributed by atoms with Crippen LogP contribution in [-0.4, -0.2) is 66.6 Å². The zero-order chi connectivity index (χ0) is 25.3. The van der Waals surface area contributed by atoms with Crippen LogP contribution >= 0.6 is 11.8 Å². The summed E-state index contributed by atoms with van der Waals surface area (Å²) < 4.78 is 47.4. The van der Waals surface area contributed by atoms with Gasteiger partial charge in [-0.05, 0) is 36.4 Å². The Kier molecular flexibility index (Phi) is 7.42. The molecule has 5 atom stereocenters. The Balaban J connectivity index is 1.58. The van der Waals surface area contributed by atoms with Crippen LogP contribution in [0.2, 0.25) is 0 Å². The van der Waals surface area contributed by atoms with Gasteiger partial charge in [-0.3, -0.25) is 4.79 Å². The van der Waals surface area contributed by atoms with E-state index in [9.17, 15) is 33.3 Å². The molecule has 0 spiro atoms. The molecule has 1 aliphatic rings. The third-order valence-corrected chi connectivity index (χ3v) is 6.54. The molecule has 0 bridgehead atoms. The van der Waals surface area contributed by atoms with Gasteiger partial charge in [0.05, 0.1) is 12.8 Å². The second kappa shape index (κ2) is 10.3. The predicted octanol–water partition coefficient (Wildman–Crippen LogP) is 2.09. The van der Waals surface area contributed by atoms with Crippen LogP contribution < -0.4 is 5.32 Å². The van der Waals surface area contributed by atoms with Crippen molar-refractivity contribution < 1.29 is 38.0 Å². The molecule has 35 heavy (non-hydrogen) atoms. The van der Waals surface area contributed by atoms with Crippen molar-refractivity contribution in [2.45, 2.75) is 41.6 Å². The number of carbonyl (C=O) groups excluding carboxylic acids is 1. The lowest BCUT2D eigenvalue weighted by Gasteiger charge is -2.41. The first-order chi connectivity index (χ1) is 16.7. The average Bonchev–Trinajstić information content (AvgIpc) is 3.29. The lowest BCUT2D eigenvalue weighted by atomic mass is 9.97. The van der Waals surface area contributed by atoms with Gasteiger partial charge in [0.25, 0.3) is 0 Å². The van der Waals surface area contributed by atoms with Gasteiger partial charge in [0.15, 0.2) is 17.5 Å². The van der Waals surface area contributed by atoms with Gasteiger partial charge in [0, 0.05) is 23.1 Å². The van der Waals surface area contributed by atoms with Gasteiger partial charge in [0.1, 0.15) is 35.5 Å². The zero-order valence-electron chi connectivity index (χ0n) is 18.2. The Labute approximate surface area is 201 Å². The van der Waals surface area contributed by atoms with Gasteiger partial charge in [-0.1, -0.05) is 17.0 Å². The van der Waals surface area contributed by atoms with Crippen molar-refractivity contribution in [3.63, 3.8) is 0 Å². The Hall–Kier alpha value is -2.97. The predicted molar refractivity (Wildman–Crippen MR) is 119 cm³/mol. The average molecular weight is 510 g/mol. The Morgan fingerprint density at radius 3 is 2.40 bits per heavy atom. The highest BCUT2D eigenvalue weighted by atomic mass is 32.2. The quantitative estimate of drug-likeness (QED) is 0.371. The minimum atomic E-state index is -1.62. The van der Waals surface area contributed by atoms with Gasteiger partial charge >= 0.3 is 0 Å². The third kappa shape index (κ3) is 5.33. The fraction of sp³-hybridized carbons (Fsp3) is 0.318. The van der Waals surface area contributed by atoms with Crippen molar-refractivity contribution in [3.8, 4) is 11.3 Å². The number of rotatable bonds is 6. The zero-order valence-corrected chi connectivity index (χ0v) is 19.0. The molecule has 0 aliphatic carbocycles. The maximum atomic E-state index is 13.6. The molecule has 0 saturated carbocycles. The van der Waals surface area contributed by atoms with Gasteiger partial charge in [-0.2, -0.15) is 0 Å². The van der Waals surface area contributed by atoms with Crippen molar-refractivity contribution in [1.29, 1.82) is 0 Å². The van der Waals surface area contributed by atoms with E-state index in [0.29, 0.717) is 10.6 Å². The molecule has 3 aromatic rings. The standard InChI is InChI=1S/C22H21F3N4O5S/c1-10(31)26-12-2-4-13(5-3-12)35-22-21(33)19(20(32)17(9-30)34-22)29-8-16(27-28-29)11-6-14(23)18(25)15(24)7-11/h2-8,17,19-22,30,32-33H,9H2,1H3,(H,26,31). The number of nitrogens with zero attached hydrogens (tertiary/aromatic N) is 3. The molecular weight excluding hydrogens is 489 g/mol. The van der Waals surface area contributed by atoms with Crippen molar-refractivity contribution in [2.24, 2.45) is 0 Å². The lowest BCUT2D eigenvalue weighted by molar-refractivity contribution is -0.178. The van der Waals surface area contributed by atoms with E-state index in [2.05, 4.69) is 15.6 Å². The number of hydrogen-bond acceptors (Lipinski definition) is 8. The second-order valence-corrected chi connectivity index (χ2v) is 9.03. The smallest absolute Gasteiger partial charge is 0.221 e. The summed E-state index contributed by atoms with van der Waals surface area (Å²) in [5.74, 6) is -4.64. The summed E-state index contributed by atoms with van der Waals surface area (Å²) in [6.45, 7) is 0.826. The van der Waals surface area contributed by atoms with Crippen LogP contribution in [0.1, 0.15) is 13.0 Å². The largest absolute Gasteiger partial charge is 0.394 e. The van der Waals surface area contributed by atoms with E-state index in [4.69, 9.17) is 4.74 Å². The number of carbonyl (C=O) groups is 1. The lowest BCUT2D eigenvalue weighted by Crippen LogP contribution is -2.55. The van der Waals surface area contributed by atoms with E-state index >= 15 is 0 Å². The fourth-order valence-electron chi connectivity index (χ4n) is 3.69. The molecule has 1 saturated heterocycles. The molecule has 4 N–H and O–H groups in total. The fourth-order valence-corrected chi connectivity index (χ4v) is 4.75. The van der Waals surface area contributed by atoms with Crippen LogP contribution in [0.15, 0.2) is 47.5 Å². The Morgan fingerprint density at radius 1 is 1.14 bits per heavy atom. The molecule has 9 nitrogen and oxygen atoms in total. The maximum absolute atomic E-state index is 13.6. The molecular formula is C22H21F3N4O5S. The van der Waals surface area contributed by atoms with Crippen molar-refractivity contribution in [1.82, 2.24) is 15.0 Å². The molecule has 1 amide bonds. The van der Waals surface area contributed by atoms with Crippen LogP contribution in [0.5, 0.6) is 0 Å². The van der Waals surface area contributed by atoms with Gasteiger partial charge in [-0.15, -0.1) is 5.10 Å². The first-order valence-corrected chi connectivity index (χ1v) is 11.3. The normalized spacial score (nSPS) is 24.4. The number of anilines is 1. The van der Waals surface area contributed by atoms with Gasteiger partial charge < -0.3 is 25.4 Å². The van der Waals surface area contributed by atoms with E-state index in [0.717, 1.165) is 28.6 Å². The minimum Gasteiger partial charge on any atom is -0.394 e. The van der Waals surface area contributed by atoms with Crippen LogP contribution in [0.3, 0.4) is 0 Å². The van der Waals surface area contributed by atoms with E-state index in [1.54, 1.807) is 24.3 Å². The van der Waals surface area contributed by atoms with Crippen molar-refractivity contribution in [3.05, 3.63) is 60.0 Å². The number of aliphatic hydroxyl groups excluding tert-OH is 3. The van der Waals surface area contributed by atoms with Crippen LogP contribution in [0.4, 0.5) is 18.9 Å². The van der Waals surface area contributed by atoms with E-state index < -0.39 is 53.8 Å². The summed E-state index contributed by atoms with van der Waals surface area (Å²) in [6, 6.07) is 7.11. The van der Waals surface area contributed by atoms with Crippen LogP contribution in [-0.2, 0) is 9.53 Å².